The Morgan fingerprint density at radius 2 is 2.29 bits per heavy atom. The van der Waals surface area contributed by atoms with Gasteiger partial charge < -0.3 is 9.30 Å². The van der Waals surface area contributed by atoms with E-state index in [1.54, 1.807) is 10.9 Å². The monoisotopic (exact) mass is 311 g/mol. The van der Waals surface area contributed by atoms with Crippen molar-refractivity contribution < 1.29 is 9.53 Å². The summed E-state index contributed by atoms with van der Waals surface area (Å²) in [5, 5.41) is 8.50. The summed E-state index contributed by atoms with van der Waals surface area (Å²) in [5.41, 5.74) is 0. The molecule has 0 bridgehead atoms. The Balaban J connectivity index is 1.86. The first-order chi connectivity index (χ1) is 9.97. The number of thioether (sulfide) groups is 1. The molecule has 0 spiro atoms. The molecular formula is C15H25N3O2S. The van der Waals surface area contributed by atoms with Crippen LogP contribution in [-0.4, -0.2) is 32.6 Å². The molecule has 1 aromatic rings. The lowest BCUT2D eigenvalue weighted by atomic mass is 9.75. The van der Waals surface area contributed by atoms with E-state index in [9.17, 15) is 4.79 Å². The third-order valence-electron chi connectivity index (χ3n) is 4.23. The van der Waals surface area contributed by atoms with E-state index in [4.69, 9.17) is 4.74 Å². The molecule has 0 aliphatic heterocycles. The van der Waals surface area contributed by atoms with Crippen LogP contribution in [0.4, 0.5) is 0 Å². The van der Waals surface area contributed by atoms with Crippen LogP contribution in [0.2, 0.25) is 0 Å². The zero-order valence-corrected chi connectivity index (χ0v) is 14.1. The molecule has 0 aromatic carbocycles. The van der Waals surface area contributed by atoms with Gasteiger partial charge in [-0.25, -0.2) is 0 Å². The van der Waals surface area contributed by atoms with E-state index in [0.717, 1.165) is 18.0 Å². The molecule has 0 unspecified atom stereocenters. The highest BCUT2D eigenvalue weighted by Gasteiger charge is 2.33. The summed E-state index contributed by atoms with van der Waals surface area (Å²) in [6.45, 7) is 6.68. The molecule has 0 N–H and O–H groups in total. The molecule has 1 heterocycles. The van der Waals surface area contributed by atoms with Gasteiger partial charge in [-0.05, 0) is 30.6 Å². The molecule has 2 rings (SSSR count). The first-order valence-corrected chi connectivity index (χ1v) is 8.62. The maximum atomic E-state index is 12.1. The zero-order valence-electron chi connectivity index (χ0n) is 13.3. The van der Waals surface area contributed by atoms with Crippen LogP contribution in [0.1, 0.15) is 40.0 Å². The van der Waals surface area contributed by atoms with Crippen molar-refractivity contribution in [2.45, 2.75) is 51.3 Å². The predicted octanol–water partition coefficient (Wildman–Crippen LogP) is 2.91. The highest BCUT2D eigenvalue weighted by atomic mass is 32.2. The van der Waals surface area contributed by atoms with Crippen molar-refractivity contribution in [3.63, 3.8) is 0 Å². The minimum Gasteiger partial charge on any atom is -0.461 e. The number of hydrogen-bond acceptors (Lipinski definition) is 5. The molecule has 118 valence electrons. The summed E-state index contributed by atoms with van der Waals surface area (Å²) >= 11 is 1.38. The van der Waals surface area contributed by atoms with Gasteiger partial charge in [0.2, 0.25) is 0 Å². The topological polar surface area (TPSA) is 57.0 Å². The molecule has 1 aliphatic rings. The second kappa shape index (κ2) is 7.29. The Kier molecular flexibility index (Phi) is 5.67. The number of ether oxygens (including phenoxy) is 1. The number of nitrogens with zero attached hydrogens (tertiary/aromatic N) is 3. The first kappa shape index (κ1) is 16.3. The van der Waals surface area contributed by atoms with Crippen LogP contribution < -0.4 is 0 Å². The lowest BCUT2D eigenvalue weighted by Gasteiger charge is -2.36. The van der Waals surface area contributed by atoms with E-state index >= 15 is 0 Å². The second-order valence-electron chi connectivity index (χ2n) is 6.37. The van der Waals surface area contributed by atoms with Gasteiger partial charge in [-0.15, -0.1) is 10.2 Å². The van der Waals surface area contributed by atoms with Crippen molar-refractivity contribution >= 4 is 17.7 Å². The average molecular weight is 311 g/mol. The van der Waals surface area contributed by atoms with Crippen LogP contribution in [0.25, 0.3) is 0 Å². The van der Waals surface area contributed by atoms with Crippen LogP contribution >= 0.6 is 11.8 Å². The minimum absolute atomic E-state index is 0.0707. The molecule has 21 heavy (non-hydrogen) atoms. The standard InChI is InChI=1S/C15H25N3O2S/c1-10(2)12-6-5-11(3)7-13(12)20-14(19)8-21-15-17-16-9-18(15)4/h9-13H,5-8H2,1-4H3/t11-,12-,13+/m0/s1. The molecule has 6 heteroatoms. The largest absolute Gasteiger partial charge is 0.461 e. The van der Waals surface area contributed by atoms with Crippen molar-refractivity contribution in [3.05, 3.63) is 6.33 Å². The van der Waals surface area contributed by atoms with Gasteiger partial charge in [0, 0.05) is 7.05 Å². The average Bonchev–Trinajstić information content (AvgIpc) is 2.81. The molecule has 1 aromatic heterocycles. The third kappa shape index (κ3) is 4.46. The maximum absolute atomic E-state index is 12.1. The Bertz CT molecular complexity index is 475. The molecule has 5 nitrogen and oxygen atoms in total. The highest BCUT2D eigenvalue weighted by molar-refractivity contribution is 7.99. The molecular weight excluding hydrogens is 286 g/mol. The fraction of sp³-hybridized carbons (Fsp3) is 0.800. The lowest BCUT2D eigenvalue weighted by molar-refractivity contribution is -0.152. The summed E-state index contributed by atoms with van der Waals surface area (Å²) in [4.78, 5) is 12.1. The van der Waals surface area contributed by atoms with E-state index in [-0.39, 0.29) is 12.1 Å². The quantitative estimate of drug-likeness (QED) is 0.618. The summed E-state index contributed by atoms with van der Waals surface area (Å²) < 4.78 is 7.56. The highest BCUT2D eigenvalue weighted by Crippen LogP contribution is 2.35. The van der Waals surface area contributed by atoms with Crippen molar-refractivity contribution in [1.82, 2.24) is 14.8 Å². The van der Waals surface area contributed by atoms with Gasteiger partial charge in [0.05, 0.1) is 5.75 Å². The summed E-state index contributed by atoms with van der Waals surface area (Å²) in [6, 6.07) is 0. The Morgan fingerprint density at radius 1 is 1.52 bits per heavy atom. The summed E-state index contributed by atoms with van der Waals surface area (Å²) in [7, 11) is 1.87. The van der Waals surface area contributed by atoms with Crippen molar-refractivity contribution in [3.8, 4) is 0 Å². The fourth-order valence-corrected chi connectivity index (χ4v) is 3.65. The van der Waals surface area contributed by atoms with E-state index in [1.165, 1.54) is 18.2 Å². The van der Waals surface area contributed by atoms with Gasteiger partial charge in [0.25, 0.3) is 0 Å². The third-order valence-corrected chi connectivity index (χ3v) is 5.24. The van der Waals surface area contributed by atoms with Crippen LogP contribution in [0, 0.1) is 17.8 Å². The molecule has 3 atom stereocenters. The summed E-state index contributed by atoms with van der Waals surface area (Å²) in [5.74, 6) is 1.84. The number of carbonyl (C=O) groups is 1. The van der Waals surface area contributed by atoms with Crippen LogP contribution in [0.15, 0.2) is 11.5 Å². The Labute approximate surface area is 130 Å². The number of hydrogen-bond donors (Lipinski definition) is 0. The normalized spacial score (nSPS) is 26.0. The predicted molar refractivity (Wildman–Crippen MR) is 83.0 cm³/mol. The van der Waals surface area contributed by atoms with E-state index in [0.29, 0.717) is 23.5 Å². The molecule has 1 saturated carbocycles. The smallest absolute Gasteiger partial charge is 0.316 e. The van der Waals surface area contributed by atoms with Crippen molar-refractivity contribution in [1.29, 1.82) is 0 Å². The number of aromatic nitrogens is 3. The lowest BCUT2D eigenvalue weighted by Crippen LogP contribution is -2.36. The number of carbonyl (C=O) groups excluding carboxylic acids is 1. The molecule has 1 aliphatic carbocycles. The van der Waals surface area contributed by atoms with Crippen molar-refractivity contribution in [2.24, 2.45) is 24.8 Å². The summed E-state index contributed by atoms with van der Waals surface area (Å²) in [6.07, 6.45) is 5.09. The van der Waals surface area contributed by atoms with Gasteiger partial charge >= 0.3 is 5.97 Å². The van der Waals surface area contributed by atoms with E-state index in [1.807, 2.05) is 7.05 Å². The van der Waals surface area contributed by atoms with Gasteiger partial charge in [0.1, 0.15) is 12.4 Å². The maximum Gasteiger partial charge on any atom is 0.316 e. The van der Waals surface area contributed by atoms with Crippen LogP contribution in [-0.2, 0) is 16.6 Å². The zero-order chi connectivity index (χ0) is 15.4. The Hall–Kier alpha value is -1.04. The molecule has 0 radical (unpaired) electrons. The SMILES string of the molecule is CC(C)[C@@H]1CC[C@H](C)C[C@H]1OC(=O)CSc1nncn1C. The molecule has 0 saturated heterocycles. The van der Waals surface area contributed by atoms with Crippen molar-refractivity contribution in [2.75, 3.05) is 5.75 Å². The fourth-order valence-electron chi connectivity index (χ4n) is 2.98. The van der Waals surface area contributed by atoms with Gasteiger partial charge in [0.15, 0.2) is 5.16 Å². The number of aryl methyl sites for hydroxylation is 1. The number of rotatable bonds is 5. The van der Waals surface area contributed by atoms with E-state index < -0.39 is 0 Å². The van der Waals surface area contributed by atoms with Gasteiger partial charge in [-0.3, -0.25) is 4.79 Å². The van der Waals surface area contributed by atoms with Crippen LogP contribution in [0.3, 0.4) is 0 Å². The second-order valence-corrected chi connectivity index (χ2v) is 7.31. The van der Waals surface area contributed by atoms with Crippen LogP contribution in [0.5, 0.6) is 0 Å². The number of esters is 1. The van der Waals surface area contributed by atoms with E-state index in [2.05, 4.69) is 31.0 Å². The first-order valence-electron chi connectivity index (χ1n) is 7.63. The minimum atomic E-state index is -0.146. The van der Waals surface area contributed by atoms with Gasteiger partial charge in [-0.1, -0.05) is 39.0 Å². The molecule has 0 amide bonds. The molecule has 1 fully saturated rings. The van der Waals surface area contributed by atoms with Gasteiger partial charge in [-0.2, -0.15) is 0 Å². The Morgan fingerprint density at radius 3 is 2.90 bits per heavy atom.